The molecule has 2 aromatic carbocycles. The van der Waals surface area contributed by atoms with Gasteiger partial charge in [-0.15, -0.1) is 0 Å². The molecule has 0 unspecified atom stereocenters. The molecule has 2 nitrogen and oxygen atoms in total. The molecule has 1 aliphatic carbocycles. The Morgan fingerprint density at radius 3 is 2.52 bits per heavy atom. The molecule has 31 heavy (non-hydrogen) atoms. The van der Waals surface area contributed by atoms with Crippen molar-refractivity contribution in [1.82, 2.24) is 4.90 Å². The predicted molar refractivity (Wildman–Crippen MR) is 116 cm³/mol. The lowest BCUT2D eigenvalue weighted by Crippen LogP contribution is -2.57. The molecule has 3 aliphatic rings. The van der Waals surface area contributed by atoms with Crippen molar-refractivity contribution in [3.05, 3.63) is 81.9 Å². The van der Waals surface area contributed by atoms with Crippen LogP contribution in [0.15, 0.2) is 48.0 Å². The number of allylic oxidation sites excluding steroid dienone is 1. The lowest BCUT2D eigenvalue weighted by Gasteiger charge is -2.47. The van der Waals surface area contributed by atoms with E-state index in [9.17, 15) is 0 Å². The van der Waals surface area contributed by atoms with Crippen LogP contribution in [0.5, 0.6) is 0 Å². The first-order valence-electron chi connectivity index (χ1n) is 10.8. The second-order valence-electron chi connectivity index (χ2n) is 9.01. The van der Waals surface area contributed by atoms with Crippen LogP contribution in [0.3, 0.4) is 0 Å². The van der Waals surface area contributed by atoms with Gasteiger partial charge in [-0.05, 0) is 66.7 Å². The van der Waals surface area contributed by atoms with Gasteiger partial charge < -0.3 is 4.74 Å². The fourth-order valence-corrected chi connectivity index (χ4v) is 5.31. The first kappa shape index (κ1) is 20.5. The maximum atomic E-state index is 15.4. The highest BCUT2D eigenvalue weighted by molar-refractivity contribution is 5.79. The van der Waals surface area contributed by atoms with Gasteiger partial charge in [0.1, 0.15) is 11.6 Å². The van der Waals surface area contributed by atoms with Crippen LogP contribution in [-0.4, -0.2) is 36.4 Å². The summed E-state index contributed by atoms with van der Waals surface area (Å²) >= 11 is 0. The smallest absolute Gasteiger partial charge is 0.169 e. The average Bonchev–Trinajstić information content (AvgIpc) is 3.07. The monoisotopic (exact) mass is 425 g/mol. The van der Waals surface area contributed by atoms with E-state index in [0.717, 1.165) is 23.1 Å². The Morgan fingerprint density at radius 2 is 1.87 bits per heavy atom. The van der Waals surface area contributed by atoms with Crippen molar-refractivity contribution >= 4 is 11.6 Å². The van der Waals surface area contributed by atoms with E-state index < -0.39 is 23.3 Å². The van der Waals surface area contributed by atoms with Gasteiger partial charge in [-0.2, -0.15) is 0 Å². The maximum Gasteiger partial charge on any atom is 0.169 e. The predicted octanol–water partition coefficient (Wildman–Crippen LogP) is 5.88. The van der Waals surface area contributed by atoms with Crippen LogP contribution < -0.4 is 0 Å². The molecule has 0 saturated carbocycles. The zero-order chi connectivity index (χ0) is 21.8. The lowest BCUT2D eigenvalue weighted by atomic mass is 9.83. The summed E-state index contributed by atoms with van der Waals surface area (Å²) in [7, 11) is 0. The molecule has 0 amide bonds. The Labute approximate surface area is 181 Å². The van der Waals surface area contributed by atoms with Crippen LogP contribution in [0.2, 0.25) is 0 Å². The van der Waals surface area contributed by atoms with Crippen molar-refractivity contribution in [3.8, 4) is 0 Å². The highest BCUT2D eigenvalue weighted by atomic mass is 19.1. The molecule has 5 heteroatoms. The maximum absolute atomic E-state index is 15.4. The van der Waals surface area contributed by atoms with Crippen molar-refractivity contribution in [1.29, 1.82) is 0 Å². The molecule has 2 aliphatic heterocycles. The number of halogens is 3. The molecular formula is C26H26F3NO. The van der Waals surface area contributed by atoms with Crippen molar-refractivity contribution < 1.29 is 17.9 Å². The molecule has 5 rings (SSSR count). The molecule has 2 aromatic rings. The second-order valence-corrected chi connectivity index (χ2v) is 9.01. The molecule has 162 valence electrons. The SMILES string of the molecule is C/C=C/c1cc(F)c([C@@H]2C3=C(C[C@@H](C)N2CC2(F)COC2)c2ccccc2C3)c(F)c1. The quantitative estimate of drug-likeness (QED) is 0.606. The minimum Gasteiger partial charge on any atom is -0.375 e. The number of ether oxygens (including phenoxy) is 1. The van der Waals surface area contributed by atoms with Gasteiger partial charge in [-0.25, -0.2) is 13.2 Å². The van der Waals surface area contributed by atoms with E-state index >= 15 is 13.2 Å². The Kier molecular flexibility index (Phi) is 5.06. The summed E-state index contributed by atoms with van der Waals surface area (Å²) in [6, 6.07) is 10.2. The minimum atomic E-state index is -1.48. The Balaban J connectivity index is 1.65. The average molecular weight is 425 g/mol. The van der Waals surface area contributed by atoms with Gasteiger partial charge in [0.05, 0.1) is 19.3 Å². The number of rotatable bonds is 4. The van der Waals surface area contributed by atoms with Crippen LogP contribution in [0.1, 0.15) is 48.6 Å². The Bertz CT molecular complexity index is 1060. The summed E-state index contributed by atoms with van der Waals surface area (Å²) < 4.78 is 51.0. The fourth-order valence-electron chi connectivity index (χ4n) is 5.31. The summed E-state index contributed by atoms with van der Waals surface area (Å²) in [6.45, 7) is 3.98. The van der Waals surface area contributed by atoms with Crippen LogP contribution in [-0.2, 0) is 11.2 Å². The normalized spacial score (nSPS) is 24.9. The summed E-state index contributed by atoms with van der Waals surface area (Å²) in [5, 5.41) is 0. The van der Waals surface area contributed by atoms with Gasteiger partial charge in [0.15, 0.2) is 5.67 Å². The van der Waals surface area contributed by atoms with Crippen LogP contribution >= 0.6 is 0 Å². The van der Waals surface area contributed by atoms with Crippen molar-refractivity contribution in [2.45, 2.75) is 44.4 Å². The third-order valence-electron chi connectivity index (χ3n) is 6.76. The zero-order valence-corrected chi connectivity index (χ0v) is 17.8. The van der Waals surface area contributed by atoms with E-state index in [1.807, 2.05) is 30.9 Å². The molecule has 0 radical (unpaired) electrons. The standard InChI is InChI=1S/C26H26F3NO/c1-3-6-17-10-22(27)24(23(28)11-17)25-21-12-18-7-4-5-8-19(18)20(21)9-16(2)30(25)13-26(29)14-31-15-26/h3-8,10-11,16,25H,9,12-15H2,1-2H3/b6-3+/t16-,25+/m1/s1. The molecule has 0 spiro atoms. The molecule has 2 atom stereocenters. The molecule has 2 heterocycles. The van der Waals surface area contributed by atoms with Gasteiger partial charge in [-0.3, -0.25) is 4.90 Å². The molecule has 0 bridgehead atoms. The number of benzene rings is 2. The largest absolute Gasteiger partial charge is 0.375 e. The molecule has 1 fully saturated rings. The van der Waals surface area contributed by atoms with E-state index in [-0.39, 0.29) is 31.4 Å². The number of hydrogen-bond donors (Lipinski definition) is 0. The van der Waals surface area contributed by atoms with Gasteiger partial charge in [0.25, 0.3) is 0 Å². The van der Waals surface area contributed by atoms with E-state index in [2.05, 4.69) is 12.1 Å². The third kappa shape index (κ3) is 3.44. The Morgan fingerprint density at radius 1 is 1.16 bits per heavy atom. The van der Waals surface area contributed by atoms with Crippen molar-refractivity contribution in [3.63, 3.8) is 0 Å². The van der Waals surface area contributed by atoms with Crippen molar-refractivity contribution in [2.24, 2.45) is 0 Å². The first-order chi connectivity index (χ1) is 14.9. The Hall–Kier alpha value is -2.37. The number of fused-ring (bicyclic) bond motifs is 2. The third-order valence-corrected chi connectivity index (χ3v) is 6.76. The van der Waals surface area contributed by atoms with Gasteiger partial charge >= 0.3 is 0 Å². The number of nitrogens with zero attached hydrogens (tertiary/aromatic N) is 1. The van der Waals surface area contributed by atoms with Gasteiger partial charge in [-0.1, -0.05) is 36.4 Å². The minimum absolute atomic E-state index is 0.0175. The van der Waals surface area contributed by atoms with E-state index in [1.165, 1.54) is 17.7 Å². The summed E-state index contributed by atoms with van der Waals surface area (Å²) in [6.07, 6.45) is 4.79. The van der Waals surface area contributed by atoms with Crippen LogP contribution in [0.25, 0.3) is 11.6 Å². The van der Waals surface area contributed by atoms with E-state index in [0.29, 0.717) is 12.0 Å². The summed E-state index contributed by atoms with van der Waals surface area (Å²) in [5.41, 5.74) is 3.48. The van der Waals surface area contributed by atoms with Crippen molar-refractivity contribution in [2.75, 3.05) is 19.8 Å². The van der Waals surface area contributed by atoms with Crippen LogP contribution in [0.4, 0.5) is 13.2 Å². The molecular weight excluding hydrogens is 399 g/mol. The van der Waals surface area contributed by atoms with Gasteiger partial charge in [0.2, 0.25) is 0 Å². The summed E-state index contributed by atoms with van der Waals surface area (Å²) in [4.78, 5) is 1.95. The topological polar surface area (TPSA) is 12.5 Å². The van der Waals surface area contributed by atoms with E-state index in [1.54, 1.807) is 12.2 Å². The number of hydrogen-bond acceptors (Lipinski definition) is 2. The summed E-state index contributed by atoms with van der Waals surface area (Å²) in [5.74, 6) is -1.17. The van der Waals surface area contributed by atoms with E-state index in [4.69, 9.17) is 4.74 Å². The van der Waals surface area contributed by atoms with Crippen LogP contribution in [0, 0.1) is 11.6 Å². The molecule has 1 saturated heterocycles. The fraction of sp³-hybridized carbons (Fsp3) is 0.385. The first-order valence-corrected chi connectivity index (χ1v) is 10.8. The molecule has 0 aromatic heterocycles. The second kappa shape index (κ2) is 7.64. The highest BCUT2D eigenvalue weighted by Crippen LogP contribution is 2.50. The van der Waals surface area contributed by atoms with Gasteiger partial charge in [0, 0.05) is 18.2 Å². The molecule has 0 N–H and O–H groups in total. The number of alkyl halides is 1. The highest BCUT2D eigenvalue weighted by Gasteiger charge is 2.47. The zero-order valence-electron chi connectivity index (χ0n) is 17.8. The lowest BCUT2D eigenvalue weighted by molar-refractivity contribution is -0.147.